The molecular formula is C17H21FN2O3. The first-order valence-electron chi connectivity index (χ1n) is 8.00. The van der Waals surface area contributed by atoms with Crippen molar-refractivity contribution in [1.29, 1.82) is 0 Å². The molecule has 2 aliphatic rings. The molecule has 2 saturated heterocycles. The minimum Gasteiger partial charge on any atom is -0.458 e. The highest BCUT2D eigenvalue weighted by Gasteiger charge is 2.43. The summed E-state index contributed by atoms with van der Waals surface area (Å²) in [7, 11) is 0. The first-order chi connectivity index (χ1) is 11.0. The lowest BCUT2D eigenvalue weighted by molar-refractivity contribution is -0.152. The molecule has 0 radical (unpaired) electrons. The number of nitrogens with zero attached hydrogens (tertiary/aromatic N) is 1. The lowest BCUT2D eigenvalue weighted by atomic mass is 9.90. The Labute approximate surface area is 134 Å². The van der Waals surface area contributed by atoms with Crippen LogP contribution in [0, 0.1) is 5.82 Å². The fraction of sp³-hybridized carbons (Fsp3) is 0.529. The van der Waals surface area contributed by atoms with Crippen LogP contribution >= 0.6 is 0 Å². The molecule has 2 aliphatic heterocycles. The summed E-state index contributed by atoms with van der Waals surface area (Å²) in [6.45, 7) is 2.03. The first-order valence-corrected chi connectivity index (χ1v) is 8.00. The number of amides is 1. The number of carbonyl (C=O) groups is 2. The maximum Gasteiger partial charge on any atom is 0.306 e. The Hall–Kier alpha value is -1.95. The molecular weight excluding hydrogens is 299 g/mol. The van der Waals surface area contributed by atoms with E-state index in [9.17, 15) is 14.0 Å². The molecule has 0 bridgehead atoms. The first kappa shape index (κ1) is 15.9. The average molecular weight is 320 g/mol. The van der Waals surface area contributed by atoms with Crippen LogP contribution in [0.5, 0.6) is 0 Å². The highest BCUT2D eigenvalue weighted by Crippen LogP contribution is 2.34. The van der Waals surface area contributed by atoms with Crippen LogP contribution in [0.1, 0.15) is 31.2 Å². The van der Waals surface area contributed by atoms with Gasteiger partial charge in [-0.05, 0) is 43.5 Å². The molecule has 0 aliphatic carbocycles. The van der Waals surface area contributed by atoms with Gasteiger partial charge in [-0.25, -0.2) is 4.39 Å². The molecule has 1 spiro atoms. The smallest absolute Gasteiger partial charge is 0.306 e. The summed E-state index contributed by atoms with van der Waals surface area (Å²) in [5.74, 6) is -0.546. The van der Waals surface area contributed by atoms with Crippen LogP contribution in [0.2, 0.25) is 0 Å². The van der Waals surface area contributed by atoms with Gasteiger partial charge in [0.05, 0.1) is 6.54 Å². The monoisotopic (exact) mass is 320 g/mol. The molecule has 1 N–H and O–H groups in total. The Bertz CT molecular complexity index is 607. The van der Waals surface area contributed by atoms with Gasteiger partial charge >= 0.3 is 5.97 Å². The number of carbonyl (C=O) groups excluding carboxylic acids is 2. The molecule has 0 unspecified atom stereocenters. The molecule has 1 amide bonds. The van der Waals surface area contributed by atoms with Crippen molar-refractivity contribution < 1.29 is 18.7 Å². The second-order valence-corrected chi connectivity index (χ2v) is 6.38. The molecule has 1 atom stereocenters. The maximum atomic E-state index is 13.1. The van der Waals surface area contributed by atoms with E-state index >= 15 is 0 Å². The van der Waals surface area contributed by atoms with E-state index in [1.165, 1.54) is 12.1 Å². The van der Waals surface area contributed by atoms with Crippen LogP contribution < -0.4 is 5.32 Å². The zero-order valence-corrected chi connectivity index (χ0v) is 13.0. The standard InChI is InChI=1S/C17H21FN2O3/c18-14-4-1-3-13(9-14)10-19-15(21)11-20-8-2-6-17(12-20)7-5-16(22)23-17/h1,3-4,9H,2,5-8,10-12H2,(H,19,21)/t17-/m1/s1. The molecule has 0 saturated carbocycles. The largest absolute Gasteiger partial charge is 0.458 e. The number of benzene rings is 1. The lowest BCUT2D eigenvalue weighted by Gasteiger charge is -2.38. The third-order valence-electron chi connectivity index (χ3n) is 4.48. The van der Waals surface area contributed by atoms with Crippen LogP contribution in [-0.4, -0.2) is 42.0 Å². The van der Waals surface area contributed by atoms with Crippen molar-refractivity contribution in [2.75, 3.05) is 19.6 Å². The fourth-order valence-electron chi connectivity index (χ4n) is 3.39. The van der Waals surface area contributed by atoms with Gasteiger partial charge in [-0.2, -0.15) is 0 Å². The number of hydrogen-bond acceptors (Lipinski definition) is 4. The third-order valence-corrected chi connectivity index (χ3v) is 4.48. The Balaban J connectivity index is 1.49. The summed E-state index contributed by atoms with van der Waals surface area (Å²) < 4.78 is 18.6. The lowest BCUT2D eigenvalue weighted by Crippen LogP contribution is -2.50. The molecule has 2 fully saturated rings. The van der Waals surface area contributed by atoms with E-state index in [2.05, 4.69) is 5.32 Å². The normalized spacial score (nSPS) is 24.7. The molecule has 0 aromatic heterocycles. The van der Waals surface area contributed by atoms with Gasteiger partial charge in [-0.3, -0.25) is 14.5 Å². The predicted molar refractivity (Wildman–Crippen MR) is 82.0 cm³/mol. The zero-order chi connectivity index (χ0) is 16.3. The highest BCUT2D eigenvalue weighted by atomic mass is 19.1. The fourth-order valence-corrected chi connectivity index (χ4v) is 3.39. The molecule has 2 heterocycles. The van der Waals surface area contributed by atoms with Gasteiger partial charge in [0.2, 0.25) is 5.91 Å². The number of rotatable bonds is 4. The number of ether oxygens (including phenoxy) is 1. The Morgan fingerprint density at radius 3 is 3.00 bits per heavy atom. The summed E-state index contributed by atoms with van der Waals surface area (Å²) in [5.41, 5.74) is 0.344. The minimum absolute atomic E-state index is 0.101. The average Bonchev–Trinajstić information content (AvgIpc) is 2.86. The van der Waals surface area contributed by atoms with E-state index in [1.807, 2.05) is 4.90 Å². The van der Waals surface area contributed by atoms with Gasteiger partial charge in [-0.1, -0.05) is 12.1 Å². The number of esters is 1. The molecule has 6 heteroatoms. The van der Waals surface area contributed by atoms with Crippen LogP contribution in [0.15, 0.2) is 24.3 Å². The third kappa shape index (κ3) is 4.07. The Morgan fingerprint density at radius 2 is 2.26 bits per heavy atom. The van der Waals surface area contributed by atoms with Crippen molar-refractivity contribution in [1.82, 2.24) is 10.2 Å². The van der Waals surface area contributed by atoms with E-state index in [4.69, 9.17) is 4.74 Å². The van der Waals surface area contributed by atoms with Gasteiger partial charge in [0.15, 0.2) is 0 Å². The maximum absolute atomic E-state index is 13.1. The van der Waals surface area contributed by atoms with Crippen molar-refractivity contribution in [3.63, 3.8) is 0 Å². The zero-order valence-electron chi connectivity index (χ0n) is 13.0. The molecule has 124 valence electrons. The minimum atomic E-state index is -0.391. The second-order valence-electron chi connectivity index (χ2n) is 6.38. The van der Waals surface area contributed by atoms with Gasteiger partial charge in [0.1, 0.15) is 11.4 Å². The SMILES string of the molecule is O=C(CN1CCC[C@@]2(CCC(=O)O2)C1)NCc1cccc(F)c1. The van der Waals surface area contributed by atoms with Crippen molar-refractivity contribution >= 4 is 11.9 Å². The quantitative estimate of drug-likeness (QED) is 0.857. The van der Waals surface area contributed by atoms with Gasteiger partial charge in [0.25, 0.3) is 0 Å². The van der Waals surface area contributed by atoms with Gasteiger partial charge in [-0.15, -0.1) is 0 Å². The Kier molecular flexibility index (Phi) is 4.61. The number of nitrogens with one attached hydrogen (secondary N) is 1. The Morgan fingerprint density at radius 1 is 1.39 bits per heavy atom. The van der Waals surface area contributed by atoms with Crippen LogP contribution in [0.3, 0.4) is 0 Å². The van der Waals surface area contributed by atoms with Crippen molar-refractivity contribution in [2.24, 2.45) is 0 Å². The van der Waals surface area contributed by atoms with Gasteiger partial charge < -0.3 is 10.1 Å². The molecule has 1 aromatic rings. The van der Waals surface area contributed by atoms with Gasteiger partial charge in [0, 0.05) is 19.5 Å². The summed E-state index contributed by atoms with van der Waals surface area (Å²) in [5, 5.41) is 2.81. The number of likely N-dealkylation sites (tertiary alicyclic amines) is 1. The predicted octanol–water partition coefficient (Wildman–Crippen LogP) is 1.61. The molecule has 3 rings (SSSR count). The second kappa shape index (κ2) is 6.66. The summed E-state index contributed by atoms with van der Waals surface area (Å²) in [6, 6.07) is 6.19. The van der Waals surface area contributed by atoms with E-state index in [-0.39, 0.29) is 24.2 Å². The van der Waals surface area contributed by atoms with E-state index in [0.717, 1.165) is 31.4 Å². The van der Waals surface area contributed by atoms with E-state index in [1.54, 1.807) is 12.1 Å². The summed E-state index contributed by atoms with van der Waals surface area (Å²) in [4.78, 5) is 25.5. The molecule has 23 heavy (non-hydrogen) atoms. The van der Waals surface area contributed by atoms with Crippen LogP contribution in [-0.2, 0) is 20.9 Å². The number of piperidine rings is 1. The van der Waals surface area contributed by atoms with Crippen molar-refractivity contribution in [2.45, 2.75) is 37.8 Å². The highest BCUT2D eigenvalue weighted by molar-refractivity contribution is 5.78. The van der Waals surface area contributed by atoms with Crippen molar-refractivity contribution in [3.8, 4) is 0 Å². The summed E-state index contributed by atoms with van der Waals surface area (Å²) in [6.07, 6.45) is 3.01. The number of halogens is 1. The van der Waals surface area contributed by atoms with Crippen LogP contribution in [0.4, 0.5) is 4.39 Å². The number of hydrogen-bond donors (Lipinski definition) is 1. The van der Waals surface area contributed by atoms with E-state index in [0.29, 0.717) is 19.5 Å². The molecule has 1 aromatic carbocycles. The summed E-state index contributed by atoms with van der Waals surface area (Å²) >= 11 is 0. The van der Waals surface area contributed by atoms with Crippen molar-refractivity contribution in [3.05, 3.63) is 35.6 Å². The van der Waals surface area contributed by atoms with E-state index < -0.39 is 5.60 Å². The molecule has 5 nitrogen and oxygen atoms in total. The topological polar surface area (TPSA) is 58.6 Å². The van der Waals surface area contributed by atoms with Crippen LogP contribution in [0.25, 0.3) is 0 Å².